The van der Waals surface area contributed by atoms with Crippen LogP contribution in [0.15, 0.2) is 18.2 Å². The maximum Gasteiger partial charge on any atom is 0.224 e. The van der Waals surface area contributed by atoms with E-state index in [1.54, 1.807) is 0 Å². The summed E-state index contributed by atoms with van der Waals surface area (Å²) in [5.41, 5.74) is 1.04. The van der Waals surface area contributed by atoms with E-state index in [-0.39, 0.29) is 29.8 Å². The summed E-state index contributed by atoms with van der Waals surface area (Å²) in [6.07, 6.45) is 2.06. The van der Waals surface area contributed by atoms with Crippen molar-refractivity contribution in [2.75, 3.05) is 19.7 Å². The molecule has 2 saturated carbocycles. The van der Waals surface area contributed by atoms with Crippen molar-refractivity contribution in [3.63, 3.8) is 0 Å². The Morgan fingerprint density at radius 1 is 1.39 bits per heavy atom. The third kappa shape index (κ3) is 3.46. The summed E-state index contributed by atoms with van der Waals surface area (Å²) in [7, 11) is 0. The molecule has 1 aromatic rings. The highest BCUT2D eigenvalue weighted by Crippen LogP contribution is 2.49. The van der Waals surface area contributed by atoms with Crippen molar-refractivity contribution in [3.8, 4) is 5.75 Å². The molecule has 0 radical (unpaired) electrons. The van der Waals surface area contributed by atoms with Crippen molar-refractivity contribution in [1.82, 2.24) is 10.6 Å². The van der Waals surface area contributed by atoms with E-state index < -0.39 is 0 Å². The van der Waals surface area contributed by atoms with Crippen LogP contribution in [-0.2, 0) is 4.79 Å². The van der Waals surface area contributed by atoms with E-state index >= 15 is 0 Å². The van der Waals surface area contributed by atoms with Gasteiger partial charge >= 0.3 is 0 Å². The summed E-state index contributed by atoms with van der Waals surface area (Å²) in [4.78, 5) is 12.4. The average molecular weight is 449 g/mol. The van der Waals surface area contributed by atoms with Gasteiger partial charge in [0.1, 0.15) is 12.4 Å². The predicted octanol–water partition coefficient (Wildman–Crippen LogP) is 2.51. The number of benzene rings is 1. The van der Waals surface area contributed by atoms with Gasteiger partial charge < -0.3 is 15.4 Å². The monoisotopic (exact) mass is 448 g/mol. The Labute approximate surface area is 156 Å². The molecule has 1 aliphatic heterocycles. The van der Waals surface area contributed by atoms with Crippen molar-refractivity contribution in [2.45, 2.75) is 25.3 Å². The number of ether oxygens (including phenoxy) is 1. The molecule has 2 aliphatic carbocycles. The lowest BCUT2D eigenvalue weighted by Gasteiger charge is -2.20. The maximum atomic E-state index is 12.4. The number of rotatable bonds is 5. The van der Waals surface area contributed by atoms with Gasteiger partial charge in [-0.3, -0.25) is 4.79 Å². The van der Waals surface area contributed by atoms with Gasteiger partial charge in [-0.05, 0) is 91.0 Å². The number of hydrogen-bond donors (Lipinski definition) is 2. The Morgan fingerprint density at radius 2 is 2.09 bits per heavy atom. The van der Waals surface area contributed by atoms with Crippen LogP contribution in [0.3, 0.4) is 0 Å². The van der Waals surface area contributed by atoms with E-state index in [0.29, 0.717) is 18.4 Å². The summed E-state index contributed by atoms with van der Waals surface area (Å²) >= 11 is 2.30. The predicted molar refractivity (Wildman–Crippen MR) is 100 cm³/mol. The minimum absolute atomic E-state index is 0. The molecule has 1 aromatic carbocycles. The van der Waals surface area contributed by atoms with Crippen LogP contribution in [0.1, 0.15) is 18.4 Å². The summed E-state index contributed by atoms with van der Waals surface area (Å²) in [5, 5.41) is 6.60. The molecule has 3 fully saturated rings. The quantitative estimate of drug-likeness (QED) is 0.681. The summed E-state index contributed by atoms with van der Waals surface area (Å²) in [6, 6.07) is 6.19. The van der Waals surface area contributed by atoms with Crippen LogP contribution in [-0.4, -0.2) is 31.1 Å². The van der Waals surface area contributed by atoms with Gasteiger partial charge in [-0.15, -0.1) is 12.4 Å². The van der Waals surface area contributed by atoms with E-state index in [1.165, 1.54) is 3.57 Å². The number of aryl methyl sites for hydroxylation is 1. The third-order valence-electron chi connectivity index (χ3n) is 5.28. The van der Waals surface area contributed by atoms with E-state index in [0.717, 1.165) is 37.2 Å². The lowest BCUT2D eigenvalue weighted by atomic mass is 10.2. The van der Waals surface area contributed by atoms with Gasteiger partial charge in [-0.25, -0.2) is 0 Å². The number of carbonyl (C=O) groups is 1. The van der Waals surface area contributed by atoms with Gasteiger partial charge in [0.25, 0.3) is 0 Å². The lowest BCUT2D eigenvalue weighted by Crippen LogP contribution is -2.43. The largest absolute Gasteiger partial charge is 0.491 e. The molecule has 126 valence electrons. The van der Waals surface area contributed by atoms with Crippen LogP contribution in [0.2, 0.25) is 0 Å². The fourth-order valence-electron chi connectivity index (χ4n) is 3.60. The molecule has 0 bridgehead atoms. The highest BCUT2D eigenvalue weighted by Gasteiger charge is 2.58. The normalized spacial score (nSPS) is 29.2. The van der Waals surface area contributed by atoms with Crippen LogP contribution in [0.4, 0.5) is 0 Å². The van der Waals surface area contributed by atoms with E-state index in [1.807, 2.05) is 6.07 Å². The van der Waals surface area contributed by atoms with E-state index in [2.05, 4.69) is 52.3 Å². The second-order valence-corrected chi connectivity index (χ2v) is 8.23. The van der Waals surface area contributed by atoms with Crippen LogP contribution < -0.4 is 15.4 Å². The standard InChI is InChI=1S/C17H21IN2O2.ClH/c1-10-6-11(18)2-3-14(10)22-9-17(4-5-17)20-16(21)15-12-7-19-8-13(12)15;/h2-3,6,12-13,15,19H,4-5,7-9H2,1H3,(H,20,21);1H/t12-,13+,15?;. The number of fused-ring (bicyclic) bond motifs is 1. The number of halogens is 2. The molecule has 0 aromatic heterocycles. The maximum absolute atomic E-state index is 12.4. The number of piperidine rings is 1. The summed E-state index contributed by atoms with van der Waals surface area (Å²) in [5.74, 6) is 2.58. The molecule has 1 amide bonds. The molecular weight excluding hydrogens is 427 g/mol. The van der Waals surface area contributed by atoms with Crippen LogP contribution in [0, 0.1) is 28.2 Å². The van der Waals surface area contributed by atoms with Gasteiger partial charge in [0, 0.05) is 9.49 Å². The Bertz CT molecular complexity index is 611. The molecule has 4 rings (SSSR count). The first kappa shape index (κ1) is 17.3. The van der Waals surface area contributed by atoms with Crippen LogP contribution in [0.5, 0.6) is 5.75 Å². The number of carbonyl (C=O) groups excluding carboxylic acids is 1. The highest BCUT2D eigenvalue weighted by atomic mass is 127. The van der Waals surface area contributed by atoms with Crippen LogP contribution >= 0.6 is 35.0 Å². The zero-order valence-corrected chi connectivity index (χ0v) is 16.1. The van der Waals surface area contributed by atoms with Gasteiger partial charge in [0.05, 0.1) is 5.54 Å². The second-order valence-electron chi connectivity index (χ2n) is 6.98. The summed E-state index contributed by atoms with van der Waals surface area (Å²) < 4.78 is 7.20. The molecular formula is C17H22ClIN2O2. The molecule has 1 unspecified atom stereocenters. The number of amides is 1. The molecule has 0 spiro atoms. The third-order valence-corrected chi connectivity index (χ3v) is 5.95. The van der Waals surface area contributed by atoms with Crippen molar-refractivity contribution in [3.05, 3.63) is 27.3 Å². The average Bonchev–Trinajstić information content (AvgIpc) is 3.35. The fraction of sp³-hybridized carbons (Fsp3) is 0.588. The SMILES string of the molecule is Cc1cc(I)ccc1OCC1(NC(=O)C2[C@H]3CNC[C@@H]23)CC1.Cl. The Kier molecular flexibility index (Phi) is 4.82. The first-order valence-electron chi connectivity index (χ1n) is 8.00. The topological polar surface area (TPSA) is 50.4 Å². The van der Waals surface area contributed by atoms with Crippen LogP contribution in [0.25, 0.3) is 0 Å². The Morgan fingerprint density at radius 3 is 2.70 bits per heavy atom. The van der Waals surface area contributed by atoms with Crippen molar-refractivity contribution in [2.24, 2.45) is 17.8 Å². The van der Waals surface area contributed by atoms with Gasteiger partial charge in [-0.2, -0.15) is 0 Å². The number of nitrogens with one attached hydrogen (secondary N) is 2. The molecule has 3 atom stereocenters. The Hall–Kier alpha value is -0.530. The molecule has 23 heavy (non-hydrogen) atoms. The molecule has 1 heterocycles. The molecule has 6 heteroatoms. The van der Waals surface area contributed by atoms with Crippen molar-refractivity contribution in [1.29, 1.82) is 0 Å². The summed E-state index contributed by atoms with van der Waals surface area (Å²) in [6.45, 7) is 4.66. The lowest BCUT2D eigenvalue weighted by molar-refractivity contribution is -0.124. The van der Waals surface area contributed by atoms with E-state index in [9.17, 15) is 4.79 Å². The molecule has 1 saturated heterocycles. The fourth-order valence-corrected chi connectivity index (χ4v) is 4.25. The molecule has 2 N–H and O–H groups in total. The first-order chi connectivity index (χ1) is 10.6. The molecule has 3 aliphatic rings. The van der Waals surface area contributed by atoms with Gasteiger partial charge in [0.2, 0.25) is 5.91 Å². The van der Waals surface area contributed by atoms with Gasteiger partial charge in [-0.1, -0.05) is 0 Å². The number of hydrogen-bond acceptors (Lipinski definition) is 3. The first-order valence-corrected chi connectivity index (χ1v) is 9.08. The van der Waals surface area contributed by atoms with E-state index in [4.69, 9.17) is 4.74 Å². The van der Waals surface area contributed by atoms with Gasteiger partial charge in [0.15, 0.2) is 0 Å². The highest BCUT2D eigenvalue weighted by molar-refractivity contribution is 14.1. The smallest absolute Gasteiger partial charge is 0.224 e. The zero-order valence-electron chi connectivity index (χ0n) is 13.1. The minimum Gasteiger partial charge on any atom is -0.491 e. The second kappa shape index (κ2) is 6.41. The Balaban J connectivity index is 0.00000156. The van der Waals surface area contributed by atoms with Crippen molar-refractivity contribution < 1.29 is 9.53 Å². The van der Waals surface area contributed by atoms with Crippen molar-refractivity contribution >= 4 is 40.9 Å². The zero-order chi connectivity index (χ0) is 15.3. The minimum atomic E-state index is -0.114. The molecule has 4 nitrogen and oxygen atoms in total.